The van der Waals surface area contributed by atoms with Crippen LogP contribution in [0.15, 0.2) is 12.1 Å². The van der Waals surface area contributed by atoms with Gasteiger partial charge in [0, 0.05) is 6.07 Å². The first-order valence-electron chi connectivity index (χ1n) is 6.63. The summed E-state index contributed by atoms with van der Waals surface area (Å²) >= 11 is 0. The monoisotopic (exact) mass is 293 g/mol. The Balaban J connectivity index is 2.29. The second-order valence-electron chi connectivity index (χ2n) is 5.16. The first-order valence-corrected chi connectivity index (χ1v) is 6.63. The number of esters is 1. The lowest BCUT2D eigenvalue weighted by atomic mass is 10.0. The molecule has 1 aromatic carbocycles. The number of nitrogen functional groups attached to an aromatic ring is 1. The molecule has 0 bridgehead atoms. The van der Waals surface area contributed by atoms with E-state index in [1.165, 1.54) is 7.11 Å². The molecule has 0 saturated carbocycles. The molecule has 1 amide bonds. The zero-order valence-electron chi connectivity index (χ0n) is 12.2. The number of ether oxygens (including phenoxy) is 2. The molecule has 0 fully saturated rings. The minimum Gasteiger partial charge on any atom is -0.482 e. The number of nitrogens with one attached hydrogen (secondary N) is 2. The largest absolute Gasteiger partial charge is 0.482 e. The number of amides is 1. The number of methoxy groups -OCH3 is 1. The highest BCUT2D eigenvalue weighted by Gasteiger charge is 2.25. The maximum absolute atomic E-state index is 11.8. The average Bonchev–Trinajstić information content (AvgIpc) is 2.44. The van der Waals surface area contributed by atoms with E-state index in [1.54, 1.807) is 12.1 Å². The molecule has 4 N–H and O–H groups in total. The van der Waals surface area contributed by atoms with Gasteiger partial charge in [0.1, 0.15) is 11.8 Å². The molecule has 1 aliphatic rings. The highest BCUT2D eigenvalue weighted by molar-refractivity contribution is 5.97. The third kappa shape index (κ3) is 3.18. The number of benzene rings is 1. The van der Waals surface area contributed by atoms with Crippen LogP contribution in [0, 0.1) is 5.92 Å². The molecule has 114 valence electrons. The number of carbonyl (C=O) groups excluding carboxylic acids is 2. The van der Waals surface area contributed by atoms with Crippen LogP contribution in [0.4, 0.5) is 17.1 Å². The van der Waals surface area contributed by atoms with Gasteiger partial charge < -0.3 is 25.8 Å². The molecule has 1 unspecified atom stereocenters. The normalized spacial score (nSPS) is 14.8. The third-order valence-corrected chi connectivity index (χ3v) is 3.22. The Morgan fingerprint density at radius 1 is 1.48 bits per heavy atom. The number of hydrogen-bond donors (Lipinski definition) is 3. The average molecular weight is 293 g/mol. The third-order valence-electron chi connectivity index (χ3n) is 3.22. The van der Waals surface area contributed by atoms with E-state index < -0.39 is 6.04 Å². The molecular weight excluding hydrogens is 274 g/mol. The van der Waals surface area contributed by atoms with Gasteiger partial charge in [-0.3, -0.25) is 4.79 Å². The molecule has 7 nitrogen and oxygen atoms in total. The summed E-state index contributed by atoms with van der Waals surface area (Å²) < 4.78 is 10.1. The first kappa shape index (κ1) is 15.0. The predicted octanol–water partition coefficient (Wildman–Crippen LogP) is 1.21. The van der Waals surface area contributed by atoms with E-state index >= 15 is 0 Å². The highest BCUT2D eigenvalue weighted by atomic mass is 16.5. The van der Waals surface area contributed by atoms with Gasteiger partial charge in [-0.2, -0.15) is 0 Å². The summed E-state index contributed by atoms with van der Waals surface area (Å²) in [5.41, 5.74) is 7.46. The van der Waals surface area contributed by atoms with E-state index in [0.717, 1.165) is 0 Å². The van der Waals surface area contributed by atoms with Crippen LogP contribution in [0.25, 0.3) is 0 Å². The van der Waals surface area contributed by atoms with E-state index in [1.807, 2.05) is 13.8 Å². The summed E-state index contributed by atoms with van der Waals surface area (Å²) in [6, 6.07) is 2.74. The molecule has 1 aliphatic heterocycles. The molecule has 1 heterocycles. The van der Waals surface area contributed by atoms with Crippen LogP contribution in [0.5, 0.6) is 5.75 Å². The summed E-state index contributed by atoms with van der Waals surface area (Å²) in [7, 11) is 1.34. The molecule has 0 radical (unpaired) electrons. The number of anilines is 3. The standard InChI is InChI=1S/C14H19N3O4/c1-7(2)13(14(19)20-3)17-9-5-10-11(4-8(9)15)21-6-12(18)16-10/h4-5,7,13,17H,6,15H2,1-3H3,(H,16,18). The number of nitrogens with two attached hydrogens (primary N) is 1. The van der Waals surface area contributed by atoms with E-state index in [9.17, 15) is 9.59 Å². The van der Waals surface area contributed by atoms with Crippen molar-refractivity contribution in [2.75, 3.05) is 30.1 Å². The Bertz CT molecular complexity index is 572. The fourth-order valence-electron chi connectivity index (χ4n) is 2.06. The van der Waals surface area contributed by atoms with Crippen molar-refractivity contribution in [1.82, 2.24) is 0 Å². The van der Waals surface area contributed by atoms with E-state index in [0.29, 0.717) is 22.8 Å². The molecule has 21 heavy (non-hydrogen) atoms. The van der Waals surface area contributed by atoms with Gasteiger partial charge >= 0.3 is 5.97 Å². The van der Waals surface area contributed by atoms with Crippen molar-refractivity contribution in [3.05, 3.63) is 12.1 Å². The van der Waals surface area contributed by atoms with Gasteiger partial charge in [-0.25, -0.2) is 4.79 Å². The summed E-state index contributed by atoms with van der Waals surface area (Å²) in [5, 5.41) is 5.75. The van der Waals surface area contributed by atoms with Crippen molar-refractivity contribution in [2.45, 2.75) is 19.9 Å². The summed E-state index contributed by atoms with van der Waals surface area (Å²) in [5.74, 6) is -0.0791. The Labute approximate surface area is 122 Å². The van der Waals surface area contributed by atoms with Crippen LogP contribution in [-0.2, 0) is 14.3 Å². The topological polar surface area (TPSA) is 103 Å². The Morgan fingerprint density at radius 3 is 2.81 bits per heavy atom. The lowest BCUT2D eigenvalue weighted by molar-refractivity contribution is -0.142. The van der Waals surface area contributed by atoms with Gasteiger partial charge in [-0.05, 0) is 12.0 Å². The van der Waals surface area contributed by atoms with Crippen molar-refractivity contribution in [1.29, 1.82) is 0 Å². The number of rotatable bonds is 4. The van der Waals surface area contributed by atoms with Gasteiger partial charge in [-0.1, -0.05) is 13.8 Å². The zero-order valence-corrected chi connectivity index (χ0v) is 12.2. The summed E-state index contributed by atoms with van der Waals surface area (Å²) in [6.07, 6.45) is 0. The van der Waals surface area contributed by atoms with Crippen molar-refractivity contribution < 1.29 is 19.1 Å². The zero-order chi connectivity index (χ0) is 15.6. The van der Waals surface area contributed by atoms with E-state index in [2.05, 4.69) is 10.6 Å². The molecule has 0 aromatic heterocycles. The molecule has 0 saturated heterocycles. The predicted molar refractivity (Wildman–Crippen MR) is 79.2 cm³/mol. The van der Waals surface area contributed by atoms with Crippen LogP contribution in [0.1, 0.15) is 13.8 Å². The molecule has 1 atom stereocenters. The maximum Gasteiger partial charge on any atom is 0.328 e. The Hall–Kier alpha value is -2.44. The van der Waals surface area contributed by atoms with Crippen molar-refractivity contribution >= 4 is 28.9 Å². The number of hydrogen-bond acceptors (Lipinski definition) is 6. The minimum absolute atomic E-state index is 0.0127. The van der Waals surface area contributed by atoms with Crippen LogP contribution in [0.2, 0.25) is 0 Å². The van der Waals surface area contributed by atoms with Crippen molar-refractivity contribution in [3.63, 3.8) is 0 Å². The minimum atomic E-state index is -0.532. The quantitative estimate of drug-likeness (QED) is 0.569. The van der Waals surface area contributed by atoms with Gasteiger partial charge in [0.2, 0.25) is 0 Å². The molecule has 1 aromatic rings. The van der Waals surface area contributed by atoms with E-state index in [-0.39, 0.29) is 24.4 Å². The molecule has 2 rings (SSSR count). The first-order chi connectivity index (χ1) is 9.92. The fraction of sp³-hybridized carbons (Fsp3) is 0.429. The van der Waals surface area contributed by atoms with Crippen molar-refractivity contribution in [2.24, 2.45) is 5.92 Å². The molecule has 7 heteroatoms. The van der Waals surface area contributed by atoms with Crippen LogP contribution in [-0.4, -0.2) is 31.6 Å². The number of carbonyl (C=O) groups is 2. The van der Waals surface area contributed by atoms with Gasteiger partial charge in [0.15, 0.2) is 6.61 Å². The van der Waals surface area contributed by atoms with Crippen LogP contribution in [0.3, 0.4) is 0 Å². The van der Waals surface area contributed by atoms with Crippen molar-refractivity contribution in [3.8, 4) is 5.75 Å². The Kier molecular flexibility index (Phi) is 4.21. The molecule has 0 aliphatic carbocycles. The Morgan fingerprint density at radius 2 is 2.19 bits per heavy atom. The second-order valence-corrected chi connectivity index (χ2v) is 5.16. The van der Waals surface area contributed by atoms with Gasteiger partial charge in [-0.15, -0.1) is 0 Å². The maximum atomic E-state index is 11.8. The fourth-order valence-corrected chi connectivity index (χ4v) is 2.06. The second kappa shape index (κ2) is 5.90. The lowest BCUT2D eigenvalue weighted by Gasteiger charge is -2.24. The van der Waals surface area contributed by atoms with Crippen LogP contribution < -0.4 is 21.1 Å². The van der Waals surface area contributed by atoms with Gasteiger partial charge in [0.25, 0.3) is 5.91 Å². The summed E-state index contributed by atoms with van der Waals surface area (Å²) in [4.78, 5) is 23.1. The van der Waals surface area contributed by atoms with E-state index in [4.69, 9.17) is 15.2 Å². The van der Waals surface area contributed by atoms with Gasteiger partial charge in [0.05, 0.1) is 24.2 Å². The summed E-state index contributed by atoms with van der Waals surface area (Å²) in [6.45, 7) is 3.76. The number of fused-ring (bicyclic) bond motifs is 1. The van der Waals surface area contributed by atoms with Crippen LogP contribution >= 0.6 is 0 Å². The molecular formula is C14H19N3O4. The smallest absolute Gasteiger partial charge is 0.328 e. The SMILES string of the molecule is COC(=O)C(Nc1cc2c(cc1N)OCC(=O)N2)C(C)C. The molecule has 0 spiro atoms. The highest BCUT2D eigenvalue weighted by Crippen LogP contribution is 2.35. The lowest BCUT2D eigenvalue weighted by Crippen LogP contribution is -2.35.